The fourth-order valence-corrected chi connectivity index (χ4v) is 3.30. The van der Waals surface area contributed by atoms with E-state index in [9.17, 15) is 24.3 Å². The van der Waals surface area contributed by atoms with Gasteiger partial charge in [0.15, 0.2) is 0 Å². The summed E-state index contributed by atoms with van der Waals surface area (Å²) in [5, 5.41) is 9.32. The Morgan fingerprint density at radius 3 is 2.10 bits per heavy atom. The first-order valence-corrected chi connectivity index (χ1v) is 10.2. The van der Waals surface area contributed by atoms with Crippen molar-refractivity contribution in [2.24, 2.45) is 11.6 Å². The number of hydrazine groups is 1. The first kappa shape index (κ1) is 26.1. The quantitative estimate of drug-likeness (QED) is 0.248. The zero-order valence-corrected chi connectivity index (χ0v) is 18.3. The van der Waals surface area contributed by atoms with Crippen LogP contribution in [-0.4, -0.2) is 70.8 Å². The number of carbonyl (C=O) groups excluding carboxylic acids is 3. The molecule has 0 bridgehead atoms. The van der Waals surface area contributed by atoms with E-state index >= 15 is 0 Å². The second kappa shape index (κ2) is 12.7. The summed E-state index contributed by atoms with van der Waals surface area (Å²) in [6, 6.07) is 5.94. The van der Waals surface area contributed by atoms with Crippen molar-refractivity contribution >= 4 is 23.7 Å². The van der Waals surface area contributed by atoms with E-state index in [-0.39, 0.29) is 6.42 Å². The Labute approximate surface area is 182 Å². The molecule has 6 N–H and O–H groups in total. The van der Waals surface area contributed by atoms with E-state index < -0.39 is 48.2 Å². The number of benzene rings is 1. The first-order chi connectivity index (χ1) is 14.6. The van der Waals surface area contributed by atoms with Gasteiger partial charge in [-0.25, -0.2) is 5.43 Å². The number of rotatable bonds is 13. The molecule has 0 aromatic heterocycles. The number of unbranched alkanes of at least 4 members (excludes halogenated alkanes) is 1. The van der Waals surface area contributed by atoms with Crippen LogP contribution in [0.4, 0.5) is 0 Å². The number of primary amides is 1. The minimum absolute atomic E-state index is 0.166. The molecular formula is C21H33N5O5. The molecule has 0 fully saturated rings. The molecule has 1 rings (SSSR count). The zero-order valence-electron chi connectivity index (χ0n) is 18.3. The SMILES string of the molecule is CCCC[C@H](NN)C(=O)N(C)[C@H](CC(=O)O)C(=O)N(C)[C@@H](Cc1ccccc1)C(N)=O. The molecule has 0 saturated heterocycles. The van der Waals surface area contributed by atoms with Gasteiger partial charge in [0.05, 0.1) is 12.5 Å². The number of likely N-dealkylation sites (N-methyl/N-ethyl adjacent to an activating group) is 2. The van der Waals surface area contributed by atoms with Crippen LogP contribution in [0.3, 0.4) is 0 Å². The number of hydrogen-bond donors (Lipinski definition) is 4. The lowest BCUT2D eigenvalue weighted by Gasteiger charge is -2.34. The van der Waals surface area contributed by atoms with Crippen LogP contribution >= 0.6 is 0 Å². The molecule has 3 amide bonds. The maximum atomic E-state index is 13.2. The van der Waals surface area contributed by atoms with Crippen LogP contribution in [0.15, 0.2) is 30.3 Å². The highest BCUT2D eigenvalue weighted by atomic mass is 16.4. The molecule has 172 valence electrons. The molecule has 0 saturated carbocycles. The normalized spacial score (nSPS) is 13.7. The topological polar surface area (TPSA) is 159 Å². The number of nitrogens with one attached hydrogen (secondary N) is 1. The zero-order chi connectivity index (χ0) is 23.6. The minimum Gasteiger partial charge on any atom is -0.481 e. The fraction of sp³-hybridized carbons (Fsp3) is 0.524. The highest BCUT2D eigenvalue weighted by Crippen LogP contribution is 2.15. The summed E-state index contributed by atoms with van der Waals surface area (Å²) < 4.78 is 0. The number of hydrogen-bond acceptors (Lipinski definition) is 6. The van der Waals surface area contributed by atoms with E-state index in [1.165, 1.54) is 14.1 Å². The Bertz CT molecular complexity index is 758. The summed E-state index contributed by atoms with van der Waals surface area (Å²) >= 11 is 0. The van der Waals surface area contributed by atoms with Crippen LogP contribution in [-0.2, 0) is 25.6 Å². The summed E-state index contributed by atoms with van der Waals surface area (Å²) in [7, 11) is 2.73. The van der Waals surface area contributed by atoms with Crippen LogP contribution in [0.2, 0.25) is 0 Å². The Morgan fingerprint density at radius 1 is 1.03 bits per heavy atom. The van der Waals surface area contributed by atoms with E-state index in [1.807, 2.05) is 13.0 Å². The third-order valence-electron chi connectivity index (χ3n) is 5.23. The second-order valence-electron chi connectivity index (χ2n) is 7.48. The van der Waals surface area contributed by atoms with Gasteiger partial charge >= 0.3 is 5.97 Å². The molecule has 0 radical (unpaired) electrons. The number of aliphatic carboxylic acids is 1. The Hall–Kier alpha value is -2.98. The van der Waals surface area contributed by atoms with Crippen molar-refractivity contribution in [3.8, 4) is 0 Å². The first-order valence-electron chi connectivity index (χ1n) is 10.2. The monoisotopic (exact) mass is 435 g/mol. The average molecular weight is 436 g/mol. The van der Waals surface area contributed by atoms with Gasteiger partial charge in [-0.05, 0) is 12.0 Å². The fourth-order valence-electron chi connectivity index (χ4n) is 3.30. The van der Waals surface area contributed by atoms with Gasteiger partial charge in [0.25, 0.3) is 0 Å². The summed E-state index contributed by atoms with van der Waals surface area (Å²) in [5.74, 6) is 2.32. The molecule has 10 nitrogen and oxygen atoms in total. The van der Waals surface area contributed by atoms with Gasteiger partial charge < -0.3 is 20.6 Å². The Morgan fingerprint density at radius 2 is 1.61 bits per heavy atom. The summed E-state index contributed by atoms with van der Waals surface area (Å²) in [4.78, 5) is 51.7. The minimum atomic E-state index is -1.31. The van der Waals surface area contributed by atoms with Crippen molar-refractivity contribution in [1.82, 2.24) is 15.2 Å². The highest BCUT2D eigenvalue weighted by molar-refractivity contribution is 5.94. The molecule has 10 heteroatoms. The molecule has 0 aliphatic rings. The number of nitrogens with zero attached hydrogens (tertiary/aromatic N) is 2. The van der Waals surface area contributed by atoms with Crippen molar-refractivity contribution in [3.05, 3.63) is 35.9 Å². The summed E-state index contributed by atoms with van der Waals surface area (Å²) in [5.41, 5.74) is 8.75. The van der Waals surface area contributed by atoms with Gasteiger partial charge in [-0.2, -0.15) is 0 Å². The van der Waals surface area contributed by atoms with Gasteiger partial charge in [-0.1, -0.05) is 50.1 Å². The van der Waals surface area contributed by atoms with E-state index in [0.29, 0.717) is 6.42 Å². The third-order valence-corrected chi connectivity index (χ3v) is 5.23. The van der Waals surface area contributed by atoms with Gasteiger partial charge in [0.2, 0.25) is 17.7 Å². The predicted octanol–water partition coefficient (Wildman–Crippen LogP) is -0.135. The van der Waals surface area contributed by atoms with E-state index in [2.05, 4.69) is 5.43 Å². The van der Waals surface area contributed by atoms with Crippen molar-refractivity contribution in [2.45, 2.75) is 57.2 Å². The molecule has 0 heterocycles. The van der Waals surface area contributed by atoms with Crippen LogP contribution in [0.25, 0.3) is 0 Å². The summed E-state index contributed by atoms with van der Waals surface area (Å²) in [6.45, 7) is 1.96. The van der Waals surface area contributed by atoms with Gasteiger partial charge in [-0.3, -0.25) is 25.0 Å². The van der Waals surface area contributed by atoms with E-state index in [1.54, 1.807) is 24.3 Å². The number of nitrogens with two attached hydrogens (primary N) is 2. The molecular weight excluding hydrogens is 402 g/mol. The lowest BCUT2D eigenvalue weighted by atomic mass is 10.0. The van der Waals surface area contributed by atoms with Gasteiger partial charge in [-0.15, -0.1) is 0 Å². The van der Waals surface area contributed by atoms with Crippen molar-refractivity contribution in [2.75, 3.05) is 14.1 Å². The highest BCUT2D eigenvalue weighted by Gasteiger charge is 2.37. The van der Waals surface area contributed by atoms with Gasteiger partial charge in [0.1, 0.15) is 12.1 Å². The maximum absolute atomic E-state index is 13.2. The molecule has 0 unspecified atom stereocenters. The molecule has 0 aliphatic carbocycles. The van der Waals surface area contributed by atoms with Crippen molar-refractivity contribution < 1.29 is 24.3 Å². The van der Waals surface area contributed by atoms with E-state index in [4.69, 9.17) is 11.6 Å². The molecule has 1 aromatic carbocycles. The number of carboxylic acid groups (broad SMARTS) is 1. The van der Waals surface area contributed by atoms with Crippen LogP contribution in [0.5, 0.6) is 0 Å². The predicted molar refractivity (Wildman–Crippen MR) is 115 cm³/mol. The number of amides is 3. The molecule has 0 aliphatic heterocycles. The van der Waals surface area contributed by atoms with Crippen LogP contribution in [0.1, 0.15) is 38.2 Å². The molecule has 0 spiro atoms. The van der Waals surface area contributed by atoms with Crippen LogP contribution in [0, 0.1) is 0 Å². The van der Waals surface area contributed by atoms with Crippen molar-refractivity contribution in [1.29, 1.82) is 0 Å². The summed E-state index contributed by atoms with van der Waals surface area (Å²) in [6.07, 6.45) is 1.56. The maximum Gasteiger partial charge on any atom is 0.305 e. The Balaban J connectivity index is 3.11. The van der Waals surface area contributed by atoms with Crippen LogP contribution < -0.4 is 17.0 Å². The molecule has 1 aromatic rings. The average Bonchev–Trinajstić information content (AvgIpc) is 2.75. The van der Waals surface area contributed by atoms with Crippen molar-refractivity contribution in [3.63, 3.8) is 0 Å². The smallest absolute Gasteiger partial charge is 0.305 e. The molecule has 3 atom stereocenters. The lowest BCUT2D eigenvalue weighted by Crippen LogP contribution is -2.58. The second-order valence-corrected chi connectivity index (χ2v) is 7.48. The number of carboxylic acids is 1. The number of carbonyl (C=O) groups is 4. The standard InChI is InChI=1S/C21H33N5O5/c1-4-5-11-15(24-23)20(30)26(3)17(13-18(27)28)21(31)25(2)16(19(22)29)12-14-9-7-6-8-10-14/h6-10,15-17,24H,4-5,11-13,23H2,1-3H3,(H2,22,29)(H,27,28)/t15-,16-,17+/m0/s1. The third kappa shape index (κ3) is 7.65. The largest absolute Gasteiger partial charge is 0.481 e. The Kier molecular flexibility index (Phi) is 10.6. The molecule has 31 heavy (non-hydrogen) atoms. The van der Waals surface area contributed by atoms with Gasteiger partial charge in [0, 0.05) is 20.5 Å². The van der Waals surface area contributed by atoms with E-state index in [0.717, 1.165) is 28.2 Å². The lowest BCUT2D eigenvalue weighted by molar-refractivity contribution is -0.151.